The van der Waals surface area contributed by atoms with Crippen molar-refractivity contribution in [1.82, 2.24) is 4.90 Å². The van der Waals surface area contributed by atoms with Gasteiger partial charge in [-0.2, -0.15) is 0 Å². The number of amides is 2. The predicted molar refractivity (Wildman–Crippen MR) is 76.1 cm³/mol. The molecule has 0 aromatic heterocycles. The average Bonchev–Trinajstić information content (AvgIpc) is 3.09. The lowest BCUT2D eigenvalue weighted by Gasteiger charge is -2.19. The molecule has 110 valence electrons. The lowest BCUT2D eigenvalue weighted by atomic mass is 9.81. The Morgan fingerprint density at radius 1 is 1.00 bits per heavy atom. The Balaban J connectivity index is 1.51. The van der Waals surface area contributed by atoms with E-state index in [1.807, 2.05) is 30.3 Å². The third kappa shape index (κ3) is 1.78. The fourth-order valence-electron chi connectivity index (χ4n) is 4.61. The Morgan fingerprint density at radius 2 is 1.57 bits per heavy atom. The molecule has 2 saturated carbocycles. The van der Waals surface area contributed by atoms with Crippen molar-refractivity contribution in [2.24, 2.45) is 23.7 Å². The van der Waals surface area contributed by atoms with Crippen molar-refractivity contribution in [3.05, 3.63) is 35.9 Å². The molecule has 2 bridgehead atoms. The molecule has 1 aliphatic heterocycles. The van der Waals surface area contributed by atoms with Gasteiger partial charge in [-0.05, 0) is 36.7 Å². The van der Waals surface area contributed by atoms with Crippen LogP contribution in [0.15, 0.2) is 30.3 Å². The Bertz CT molecular complexity index is 555. The standard InChI is InChI=1S/C17H19NO3/c19-15-11-6-7-12(15)14-13(11)16(20)18(17(14)21)9-8-10-4-2-1-3-5-10/h1-5,11-15,19H,6-9H2/t11-,12-,13-,14+,15?/m1/s1. The first-order chi connectivity index (χ1) is 10.2. The van der Waals surface area contributed by atoms with E-state index >= 15 is 0 Å². The lowest BCUT2D eigenvalue weighted by Crippen LogP contribution is -2.36. The molecule has 1 N–H and O–H groups in total. The zero-order valence-corrected chi connectivity index (χ0v) is 11.8. The Kier molecular flexibility index (Phi) is 2.89. The summed E-state index contributed by atoms with van der Waals surface area (Å²) >= 11 is 0. The van der Waals surface area contributed by atoms with Crippen molar-refractivity contribution < 1.29 is 14.7 Å². The molecule has 5 atom stereocenters. The summed E-state index contributed by atoms with van der Waals surface area (Å²) < 4.78 is 0. The van der Waals surface area contributed by atoms with Gasteiger partial charge in [0.15, 0.2) is 0 Å². The van der Waals surface area contributed by atoms with Crippen molar-refractivity contribution in [1.29, 1.82) is 0 Å². The van der Waals surface area contributed by atoms with Crippen LogP contribution in [0.2, 0.25) is 0 Å². The van der Waals surface area contributed by atoms with Crippen LogP contribution in [0.25, 0.3) is 0 Å². The first-order valence-electron chi connectivity index (χ1n) is 7.75. The maximum atomic E-state index is 12.5. The van der Waals surface area contributed by atoms with Crippen LogP contribution < -0.4 is 0 Å². The molecule has 0 radical (unpaired) electrons. The van der Waals surface area contributed by atoms with Crippen LogP contribution in [0.5, 0.6) is 0 Å². The van der Waals surface area contributed by atoms with Crippen molar-refractivity contribution in [3.8, 4) is 0 Å². The van der Waals surface area contributed by atoms with Crippen molar-refractivity contribution in [2.75, 3.05) is 6.54 Å². The van der Waals surface area contributed by atoms with Crippen LogP contribution >= 0.6 is 0 Å². The second-order valence-corrected chi connectivity index (χ2v) is 6.51. The van der Waals surface area contributed by atoms with E-state index < -0.39 is 6.10 Å². The Labute approximate surface area is 123 Å². The Hall–Kier alpha value is -1.68. The van der Waals surface area contributed by atoms with Gasteiger partial charge in [0.05, 0.1) is 17.9 Å². The maximum Gasteiger partial charge on any atom is 0.233 e. The van der Waals surface area contributed by atoms with Crippen molar-refractivity contribution in [2.45, 2.75) is 25.4 Å². The molecule has 1 aromatic rings. The summed E-state index contributed by atoms with van der Waals surface area (Å²) in [7, 11) is 0. The molecule has 3 fully saturated rings. The number of carbonyl (C=O) groups is 2. The van der Waals surface area contributed by atoms with Gasteiger partial charge in [0, 0.05) is 6.54 Å². The van der Waals surface area contributed by atoms with E-state index in [0.717, 1.165) is 18.4 Å². The SMILES string of the molecule is O=C1[C@@H]2[C@H](C(=O)N1CCc1ccccc1)[C@H]1CC[C@H]2C1O. The molecule has 1 heterocycles. The summed E-state index contributed by atoms with van der Waals surface area (Å²) in [4.78, 5) is 26.5. The van der Waals surface area contributed by atoms with E-state index in [1.54, 1.807) is 0 Å². The number of benzene rings is 1. The molecule has 1 unspecified atom stereocenters. The summed E-state index contributed by atoms with van der Waals surface area (Å²) in [5.74, 6) is -0.570. The number of likely N-dealkylation sites (tertiary alicyclic amines) is 1. The van der Waals surface area contributed by atoms with E-state index in [9.17, 15) is 14.7 Å². The zero-order chi connectivity index (χ0) is 14.6. The van der Waals surface area contributed by atoms with Crippen LogP contribution in [0, 0.1) is 23.7 Å². The number of aliphatic hydroxyl groups is 1. The first kappa shape index (κ1) is 13.0. The smallest absolute Gasteiger partial charge is 0.233 e. The minimum atomic E-state index is -0.441. The molecule has 1 saturated heterocycles. The molecule has 2 aliphatic carbocycles. The number of hydrogen-bond acceptors (Lipinski definition) is 3. The van der Waals surface area contributed by atoms with E-state index in [-0.39, 0.29) is 35.5 Å². The molecule has 0 spiro atoms. The molecular formula is C17H19NO3. The fourth-order valence-corrected chi connectivity index (χ4v) is 4.61. The van der Waals surface area contributed by atoms with Crippen LogP contribution in [0.4, 0.5) is 0 Å². The molecule has 2 amide bonds. The van der Waals surface area contributed by atoms with Gasteiger partial charge in [-0.15, -0.1) is 0 Å². The minimum absolute atomic E-state index is 0.0122. The molecule has 4 rings (SSSR count). The van der Waals surface area contributed by atoms with Crippen molar-refractivity contribution >= 4 is 11.8 Å². The van der Waals surface area contributed by atoms with Crippen LogP contribution in [0.3, 0.4) is 0 Å². The minimum Gasteiger partial charge on any atom is -0.392 e. The predicted octanol–water partition coefficient (Wildman–Crippen LogP) is 1.23. The van der Waals surface area contributed by atoms with Crippen molar-refractivity contribution in [3.63, 3.8) is 0 Å². The third-order valence-corrected chi connectivity index (χ3v) is 5.59. The van der Waals surface area contributed by atoms with Crippen LogP contribution in [-0.2, 0) is 16.0 Å². The normalized spacial score (nSPS) is 37.4. The topological polar surface area (TPSA) is 57.6 Å². The van der Waals surface area contributed by atoms with Gasteiger partial charge in [-0.3, -0.25) is 14.5 Å². The quantitative estimate of drug-likeness (QED) is 0.850. The highest BCUT2D eigenvalue weighted by Crippen LogP contribution is 2.56. The number of imide groups is 1. The highest BCUT2D eigenvalue weighted by molar-refractivity contribution is 6.06. The molecule has 21 heavy (non-hydrogen) atoms. The molecule has 3 aliphatic rings. The largest absolute Gasteiger partial charge is 0.392 e. The number of aliphatic hydroxyl groups excluding tert-OH is 1. The zero-order valence-electron chi connectivity index (χ0n) is 11.8. The second-order valence-electron chi connectivity index (χ2n) is 6.51. The van der Waals surface area contributed by atoms with Gasteiger partial charge in [-0.25, -0.2) is 0 Å². The summed E-state index contributed by atoms with van der Waals surface area (Å²) in [6, 6.07) is 9.92. The number of hydrogen-bond donors (Lipinski definition) is 1. The van der Waals surface area contributed by atoms with Gasteiger partial charge in [0.25, 0.3) is 0 Å². The van der Waals surface area contributed by atoms with Gasteiger partial charge in [0.1, 0.15) is 0 Å². The number of fused-ring (bicyclic) bond motifs is 5. The molecular weight excluding hydrogens is 266 g/mol. The number of rotatable bonds is 3. The molecule has 4 heteroatoms. The summed E-state index contributed by atoms with van der Waals surface area (Å²) in [5, 5.41) is 10.1. The van der Waals surface area contributed by atoms with E-state index in [0.29, 0.717) is 13.0 Å². The maximum absolute atomic E-state index is 12.5. The molecule has 4 nitrogen and oxygen atoms in total. The van der Waals surface area contributed by atoms with E-state index in [4.69, 9.17) is 0 Å². The van der Waals surface area contributed by atoms with Gasteiger partial charge in [-0.1, -0.05) is 30.3 Å². The fraction of sp³-hybridized carbons (Fsp3) is 0.529. The second kappa shape index (κ2) is 4.67. The number of nitrogens with zero attached hydrogens (tertiary/aromatic N) is 1. The van der Waals surface area contributed by atoms with Gasteiger partial charge in [0.2, 0.25) is 11.8 Å². The monoisotopic (exact) mass is 285 g/mol. The average molecular weight is 285 g/mol. The number of carbonyl (C=O) groups excluding carboxylic acids is 2. The van der Waals surface area contributed by atoms with Crippen LogP contribution in [-0.4, -0.2) is 34.5 Å². The molecule has 1 aromatic carbocycles. The lowest BCUT2D eigenvalue weighted by molar-refractivity contribution is -0.141. The summed E-state index contributed by atoms with van der Waals surface area (Å²) in [5.41, 5.74) is 1.14. The highest BCUT2D eigenvalue weighted by Gasteiger charge is 2.64. The highest BCUT2D eigenvalue weighted by atomic mass is 16.3. The van der Waals surface area contributed by atoms with E-state index in [2.05, 4.69) is 0 Å². The summed E-state index contributed by atoms with van der Waals surface area (Å²) in [6.07, 6.45) is 2.04. The van der Waals surface area contributed by atoms with Gasteiger partial charge >= 0.3 is 0 Å². The van der Waals surface area contributed by atoms with Gasteiger partial charge < -0.3 is 5.11 Å². The summed E-state index contributed by atoms with van der Waals surface area (Å²) in [6.45, 7) is 0.463. The first-order valence-corrected chi connectivity index (χ1v) is 7.75. The third-order valence-electron chi connectivity index (χ3n) is 5.59. The Morgan fingerprint density at radius 3 is 2.14 bits per heavy atom. The van der Waals surface area contributed by atoms with Crippen LogP contribution in [0.1, 0.15) is 18.4 Å². The van der Waals surface area contributed by atoms with E-state index in [1.165, 1.54) is 4.90 Å².